The molecule has 0 saturated heterocycles. The van der Waals surface area contributed by atoms with E-state index >= 15 is 0 Å². The van der Waals surface area contributed by atoms with E-state index in [0.717, 1.165) is 17.6 Å². The smallest absolute Gasteiger partial charge is 0.119 e. The van der Waals surface area contributed by atoms with Crippen LogP contribution in [0.15, 0.2) is 18.2 Å². The van der Waals surface area contributed by atoms with Crippen molar-refractivity contribution in [2.75, 3.05) is 13.2 Å². The number of aliphatic hydroxyl groups is 1. The highest BCUT2D eigenvalue weighted by atomic mass is 16.5. The largest absolute Gasteiger partial charge is 0.491 e. The summed E-state index contributed by atoms with van der Waals surface area (Å²) in [6, 6.07) is 6.50. The molecule has 22 heavy (non-hydrogen) atoms. The summed E-state index contributed by atoms with van der Waals surface area (Å²) in [5.41, 5.74) is 3.05. The van der Waals surface area contributed by atoms with Gasteiger partial charge in [0.05, 0.1) is 0 Å². The first kappa shape index (κ1) is 15.8. The molecular weight excluding hydrogens is 274 g/mol. The number of hydrogen-bond donors (Lipinski definition) is 2. The van der Waals surface area contributed by atoms with Gasteiger partial charge in [-0.1, -0.05) is 18.9 Å². The Morgan fingerprint density at radius 1 is 1.18 bits per heavy atom. The molecule has 1 aromatic carbocycles. The van der Waals surface area contributed by atoms with Crippen molar-refractivity contribution >= 4 is 0 Å². The lowest BCUT2D eigenvalue weighted by Crippen LogP contribution is -2.42. The molecule has 2 aliphatic rings. The van der Waals surface area contributed by atoms with E-state index in [0.29, 0.717) is 13.2 Å². The van der Waals surface area contributed by atoms with E-state index < -0.39 is 6.10 Å². The van der Waals surface area contributed by atoms with Crippen molar-refractivity contribution in [3.8, 4) is 5.75 Å². The highest BCUT2D eigenvalue weighted by Gasteiger charge is 2.38. The minimum atomic E-state index is -0.479. The molecule has 1 aromatic rings. The summed E-state index contributed by atoms with van der Waals surface area (Å²) in [5, 5.41) is 13.3. The Morgan fingerprint density at radius 2 is 1.86 bits per heavy atom. The van der Waals surface area contributed by atoms with E-state index in [4.69, 9.17) is 4.74 Å². The van der Waals surface area contributed by atoms with Crippen molar-refractivity contribution < 1.29 is 9.84 Å². The van der Waals surface area contributed by atoms with Crippen LogP contribution in [0.2, 0.25) is 0 Å². The summed E-state index contributed by atoms with van der Waals surface area (Å²) >= 11 is 0. The van der Waals surface area contributed by atoms with Crippen molar-refractivity contribution in [1.29, 1.82) is 0 Å². The standard InChI is InChI=1S/C19H29NO2/c1-19(2,3)20-11-13(21)12-22-14-8-9-17-15-6-4-5-7-16(15)18(17)10-14/h8-10,13,15-16,20-21H,4-7,11-12H2,1-3H3/t13?,15-,16+/m0/s1. The summed E-state index contributed by atoms with van der Waals surface area (Å²) in [6.45, 7) is 7.18. The zero-order chi connectivity index (χ0) is 15.7. The highest BCUT2D eigenvalue weighted by molar-refractivity contribution is 5.49. The SMILES string of the molecule is CC(C)(C)NCC(O)COc1ccc2c(c1)[C@@H]1CCCC[C@H]21. The van der Waals surface area contributed by atoms with Crippen molar-refractivity contribution in [3.63, 3.8) is 0 Å². The van der Waals surface area contributed by atoms with E-state index in [9.17, 15) is 5.11 Å². The quantitative estimate of drug-likeness (QED) is 0.874. The lowest BCUT2D eigenvalue weighted by Gasteiger charge is -2.43. The first-order valence-electron chi connectivity index (χ1n) is 8.64. The van der Waals surface area contributed by atoms with Crippen LogP contribution in [-0.2, 0) is 0 Å². The summed E-state index contributed by atoms with van der Waals surface area (Å²) in [5.74, 6) is 2.47. The molecule has 0 aliphatic heterocycles. The maximum Gasteiger partial charge on any atom is 0.119 e. The normalized spacial score (nSPS) is 24.9. The van der Waals surface area contributed by atoms with Crippen LogP contribution in [0, 0.1) is 0 Å². The summed E-state index contributed by atoms with van der Waals surface area (Å²) in [7, 11) is 0. The van der Waals surface area contributed by atoms with Gasteiger partial charge in [0, 0.05) is 12.1 Å². The van der Waals surface area contributed by atoms with E-state index in [-0.39, 0.29) is 5.54 Å². The molecule has 0 heterocycles. The zero-order valence-electron chi connectivity index (χ0n) is 14.1. The first-order chi connectivity index (χ1) is 10.4. The number of aliphatic hydroxyl groups excluding tert-OH is 1. The van der Waals surface area contributed by atoms with Crippen molar-refractivity contribution in [2.45, 2.75) is 69.9 Å². The Balaban J connectivity index is 1.53. The van der Waals surface area contributed by atoms with Gasteiger partial charge in [0.25, 0.3) is 0 Å². The van der Waals surface area contributed by atoms with Crippen LogP contribution in [0.4, 0.5) is 0 Å². The van der Waals surface area contributed by atoms with Crippen molar-refractivity contribution in [2.24, 2.45) is 0 Å². The molecule has 1 fully saturated rings. The van der Waals surface area contributed by atoms with Gasteiger partial charge in [-0.15, -0.1) is 0 Å². The maximum absolute atomic E-state index is 10.0. The van der Waals surface area contributed by atoms with Gasteiger partial charge in [0.2, 0.25) is 0 Å². The van der Waals surface area contributed by atoms with E-state index in [1.54, 1.807) is 0 Å². The van der Waals surface area contributed by atoms with Gasteiger partial charge >= 0.3 is 0 Å². The Labute approximate surface area is 134 Å². The minimum Gasteiger partial charge on any atom is -0.491 e. The average molecular weight is 303 g/mol. The minimum absolute atomic E-state index is 0.0205. The molecular formula is C19H29NO2. The number of benzene rings is 1. The van der Waals surface area contributed by atoms with E-state index in [1.807, 2.05) is 0 Å². The van der Waals surface area contributed by atoms with Crippen molar-refractivity contribution in [1.82, 2.24) is 5.32 Å². The molecule has 0 aromatic heterocycles. The Kier molecular flexibility index (Phi) is 4.47. The molecule has 3 heteroatoms. The molecule has 0 radical (unpaired) electrons. The fourth-order valence-electron chi connectivity index (χ4n) is 3.76. The third-order valence-corrected chi connectivity index (χ3v) is 4.93. The Bertz CT molecular complexity index is 521. The topological polar surface area (TPSA) is 41.5 Å². The Hall–Kier alpha value is -1.06. The van der Waals surface area contributed by atoms with Crippen LogP contribution in [0.5, 0.6) is 5.75 Å². The summed E-state index contributed by atoms with van der Waals surface area (Å²) in [4.78, 5) is 0. The van der Waals surface area contributed by atoms with Gasteiger partial charge in [0.1, 0.15) is 18.5 Å². The maximum atomic E-state index is 10.0. The number of nitrogens with one attached hydrogen (secondary N) is 1. The van der Waals surface area contributed by atoms with Crippen LogP contribution in [0.25, 0.3) is 0 Å². The number of ether oxygens (including phenoxy) is 1. The number of fused-ring (bicyclic) bond motifs is 4. The van der Waals surface area contributed by atoms with Gasteiger partial charge < -0.3 is 15.2 Å². The molecule has 1 unspecified atom stereocenters. The molecule has 3 rings (SSSR count). The van der Waals surface area contributed by atoms with Crippen molar-refractivity contribution in [3.05, 3.63) is 29.3 Å². The zero-order valence-corrected chi connectivity index (χ0v) is 14.1. The van der Waals surface area contributed by atoms with Crippen LogP contribution in [0.1, 0.15) is 69.4 Å². The third kappa shape index (κ3) is 3.47. The molecule has 0 bridgehead atoms. The molecule has 3 atom stereocenters. The average Bonchev–Trinajstić information content (AvgIpc) is 2.48. The number of rotatable bonds is 5. The van der Waals surface area contributed by atoms with Gasteiger partial charge in [-0.3, -0.25) is 0 Å². The molecule has 2 N–H and O–H groups in total. The van der Waals surface area contributed by atoms with E-state index in [2.05, 4.69) is 44.3 Å². The number of hydrogen-bond acceptors (Lipinski definition) is 3. The first-order valence-corrected chi connectivity index (χ1v) is 8.64. The van der Waals surface area contributed by atoms with Crippen LogP contribution in [-0.4, -0.2) is 29.9 Å². The monoisotopic (exact) mass is 303 g/mol. The fraction of sp³-hybridized carbons (Fsp3) is 0.684. The van der Waals surface area contributed by atoms with Crippen LogP contribution >= 0.6 is 0 Å². The second kappa shape index (κ2) is 6.21. The molecule has 1 saturated carbocycles. The predicted octanol–water partition coefficient (Wildman–Crippen LogP) is 3.57. The highest BCUT2D eigenvalue weighted by Crippen LogP contribution is 2.55. The van der Waals surface area contributed by atoms with Crippen LogP contribution < -0.4 is 10.1 Å². The molecule has 0 spiro atoms. The van der Waals surface area contributed by atoms with Gasteiger partial charge in [-0.25, -0.2) is 0 Å². The van der Waals surface area contributed by atoms with Gasteiger partial charge in [0.15, 0.2) is 0 Å². The summed E-state index contributed by atoms with van der Waals surface area (Å²) < 4.78 is 5.79. The van der Waals surface area contributed by atoms with Gasteiger partial charge in [-0.2, -0.15) is 0 Å². The Morgan fingerprint density at radius 3 is 2.55 bits per heavy atom. The second-order valence-corrected chi connectivity index (χ2v) is 7.88. The number of β-amino-alcohol motifs (C(OH)–C–C–N with tert-alkyl or cyclic N) is 1. The molecule has 0 amide bonds. The van der Waals surface area contributed by atoms with Gasteiger partial charge in [-0.05, 0) is 68.7 Å². The molecule has 122 valence electrons. The van der Waals surface area contributed by atoms with Crippen LogP contribution in [0.3, 0.4) is 0 Å². The third-order valence-electron chi connectivity index (χ3n) is 4.93. The second-order valence-electron chi connectivity index (χ2n) is 7.88. The molecule has 2 aliphatic carbocycles. The summed E-state index contributed by atoms with van der Waals surface area (Å²) in [6.07, 6.45) is 4.95. The predicted molar refractivity (Wildman–Crippen MR) is 89.6 cm³/mol. The van der Waals surface area contributed by atoms with E-state index in [1.165, 1.54) is 36.8 Å². The fourth-order valence-corrected chi connectivity index (χ4v) is 3.76. The molecule has 3 nitrogen and oxygen atoms in total. The lowest BCUT2D eigenvalue weighted by molar-refractivity contribution is 0.0999. The lowest BCUT2D eigenvalue weighted by atomic mass is 9.61.